The minimum Gasteiger partial charge on any atom is -0.0683 e. The summed E-state index contributed by atoms with van der Waals surface area (Å²) >= 11 is 0. The van der Waals surface area contributed by atoms with Gasteiger partial charge in [0.15, 0.2) is 0 Å². The van der Waals surface area contributed by atoms with E-state index in [0.717, 1.165) is 0 Å². The zero-order chi connectivity index (χ0) is 20.7. The molecule has 4 rings (SSSR count). The average Bonchev–Trinajstić information content (AvgIpc) is 3.49. The molecule has 0 N–H and O–H groups in total. The molecule has 0 heterocycles. The second-order valence-corrected chi connectivity index (χ2v) is 6.36. The van der Waals surface area contributed by atoms with Gasteiger partial charge < -0.3 is 0 Å². The van der Waals surface area contributed by atoms with Crippen LogP contribution in [0, 0.1) is 0 Å². The second-order valence-electron chi connectivity index (χ2n) is 6.36. The highest BCUT2D eigenvalue weighted by molar-refractivity contribution is 4.52. The van der Waals surface area contributed by atoms with Crippen molar-refractivity contribution in [2.24, 2.45) is 0 Å². The first-order valence-electron chi connectivity index (χ1n) is 13.0. The van der Waals surface area contributed by atoms with Crippen LogP contribution >= 0.6 is 0 Å². The topological polar surface area (TPSA) is 0 Å². The molecular weight excluding hydrogens is 312 g/mol. The third-order valence-electron chi connectivity index (χ3n) is 4.10. The molecule has 0 aromatic carbocycles. The fraction of sp³-hybridized carbons (Fsp3) is 1.00. The van der Waals surface area contributed by atoms with E-state index in [1.54, 1.807) is 0 Å². The van der Waals surface area contributed by atoms with Gasteiger partial charge in [-0.1, -0.05) is 171 Å². The summed E-state index contributed by atoms with van der Waals surface area (Å²) in [6.07, 6.45) is 27.0. The lowest BCUT2D eigenvalue weighted by molar-refractivity contribution is 0.504. The van der Waals surface area contributed by atoms with Crippen molar-refractivity contribution in [1.82, 2.24) is 0 Å². The van der Waals surface area contributed by atoms with E-state index < -0.39 is 0 Å². The van der Waals surface area contributed by atoms with Gasteiger partial charge in [0, 0.05) is 0 Å². The van der Waals surface area contributed by atoms with Crippen molar-refractivity contribution in [2.45, 2.75) is 171 Å². The SMILES string of the molecule is C1CC1.C1CCC1.C1CCCC1.C1CCCCC1.CC.CC.CC.CC. The monoisotopic (exact) mass is 372 g/mol. The van der Waals surface area contributed by atoms with Crippen molar-refractivity contribution in [3.05, 3.63) is 0 Å². The van der Waals surface area contributed by atoms with Crippen LogP contribution < -0.4 is 0 Å². The maximum Gasteiger partial charge on any atom is -0.0533 e. The molecule has 0 radical (unpaired) electrons. The lowest BCUT2D eigenvalue weighted by Crippen LogP contribution is -1.85. The Morgan fingerprint density at radius 3 is 0.231 bits per heavy atom. The molecule has 0 atom stereocenters. The lowest BCUT2D eigenvalue weighted by atomic mass is 10.0. The van der Waals surface area contributed by atoms with E-state index in [-0.39, 0.29) is 0 Å². The van der Waals surface area contributed by atoms with Crippen molar-refractivity contribution < 1.29 is 0 Å². The van der Waals surface area contributed by atoms with Crippen LogP contribution in [-0.4, -0.2) is 0 Å². The summed E-state index contributed by atoms with van der Waals surface area (Å²) < 4.78 is 0. The van der Waals surface area contributed by atoms with Crippen LogP contribution in [0.15, 0.2) is 0 Å². The molecule has 164 valence electrons. The van der Waals surface area contributed by atoms with Gasteiger partial charge in [0.2, 0.25) is 0 Å². The first kappa shape index (κ1) is 33.6. The quantitative estimate of drug-likeness (QED) is 0.396. The zero-order valence-corrected chi connectivity index (χ0v) is 20.7. The van der Waals surface area contributed by atoms with Crippen molar-refractivity contribution in [2.75, 3.05) is 0 Å². The Kier molecular flexibility index (Phi) is 57.4. The normalized spacial score (nSPS) is 17.5. The van der Waals surface area contributed by atoms with E-state index in [0.29, 0.717) is 0 Å². The molecule has 0 saturated heterocycles. The van der Waals surface area contributed by atoms with Crippen LogP contribution in [0.3, 0.4) is 0 Å². The van der Waals surface area contributed by atoms with Crippen LogP contribution in [-0.2, 0) is 0 Å². The minimum atomic E-state index is 1.50. The summed E-state index contributed by atoms with van der Waals surface area (Å²) in [6.45, 7) is 16.0. The highest BCUT2D eigenvalue weighted by atomic mass is 14.0. The van der Waals surface area contributed by atoms with E-state index in [9.17, 15) is 0 Å². The molecule has 0 spiro atoms. The largest absolute Gasteiger partial charge is 0.0683 e. The van der Waals surface area contributed by atoms with Gasteiger partial charge in [-0.05, 0) is 0 Å². The van der Waals surface area contributed by atoms with Gasteiger partial charge in [-0.3, -0.25) is 0 Å². The van der Waals surface area contributed by atoms with Crippen LogP contribution in [0.1, 0.15) is 171 Å². The molecule has 0 aromatic rings. The van der Waals surface area contributed by atoms with Crippen LogP contribution in [0.5, 0.6) is 0 Å². The molecule has 4 aliphatic carbocycles. The molecule has 0 nitrogen and oxygen atoms in total. The van der Waals surface area contributed by atoms with Gasteiger partial charge in [-0.25, -0.2) is 0 Å². The van der Waals surface area contributed by atoms with E-state index in [2.05, 4.69) is 0 Å². The van der Waals surface area contributed by atoms with Gasteiger partial charge >= 0.3 is 0 Å². The molecule has 26 heavy (non-hydrogen) atoms. The van der Waals surface area contributed by atoms with Crippen molar-refractivity contribution >= 4 is 0 Å². The first-order chi connectivity index (χ1) is 13.0. The maximum absolute atomic E-state index is 2.00. The van der Waals surface area contributed by atoms with Gasteiger partial charge in [0.1, 0.15) is 0 Å². The van der Waals surface area contributed by atoms with E-state index in [4.69, 9.17) is 0 Å². The lowest BCUT2D eigenvalue weighted by Gasteiger charge is -2.05. The first-order valence-corrected chi connectivity index (χ1v) is 13.0. The third-order valence-corrected chi connectivity index (χ3v) is 4.10. The van der Waals surface area contributed by atoms with E-state index in [1.165, 1.54) is 116 Å². The predicted octanol–water partition coefficient (Wildman–Crippen LogP) is 11.1. The molecular formula is C26H60. The second kappa shape index (κ2) is 44.4. The van der Waals surface area contributed by atoms with Crippen molar-refractivity contribution in [3.8, 4) is 0 Å². The Morgan fingerprint density at radius 2 is 0.192 bits per heavy atom. The maximum atomic E-state index is 2.00. The molecule has 4 aliphatic rings. The number of rotatable bonds is 0. The molecule has 4 fully saturated rings. The molecule has 0 aromatic heterocycles. The molecule has 0 bridgehead atoms. The molecule has 0 heteroatoms. The van der Waals surface area contributed by atoms with Crippen molar-refractivity contribution in [1.29, 1.82) is 0 Å². The molecule has 4 saturated carbocycles. The standard InChI is InChI=1S/C6H12.C5H10.C4H8.C3H6.4C2H6/c1-2-4-6-5-3-1;1-2-4-5-3-1;1-2-4-3-1;1-2-3-1;4*1-2/h1-6H2;1-5H2;1-4H2;1-3H2;4*1-2H3. The summed E-state index contributed by atoms with van der Waals surface area (Å²) in [5, 5.41) is 0. The third kappa shape index (κ3) is 49.6. The van der Waals surface area contributed by atoms with Gasteiger partial charge in [-0.2, -0.15) is 0 Å². The highest BCUT2D eigenvalue weighted by Gasteiger charge is 1.96. The fourth-order valence-electron chi connectivity index (χ4n) is 2.19. The zero-order valence-electron chi connectivity index (χ0n) is 20.7. The summed E-state index contributed by atoms with van der Waals surface area (Å²) in [7, 11) is 0. The molecule has 0 unspecified atom stereocenters. The van der Waals surface area contributed by atoms with E-state index in [1.807, 2.05) is 55.4 Å². The summed E-state index contributed by atoms with van der Waals surface area (Å²) in [6, 6.07) is 0. The average molecular weight is 373 g/mol. The fourth-order valence-corrected chi connectivity index (χ4v) is 2.19. The van der Waals surface area contributed by atoms with Gasteiger partial charge in [0.05, 0.1) is 0 Å². The predicted molar refractivity (Wildman–Crippen MR) is 128 cm³/mol. The number of hydrogen-bond donors (Lipinski definition) is 0. The van der Waals surface area contributed by atoms with Gasteiger partial charge in [-0.15, -0.1) is 0 Å². The number of hydrogen-bond acceptors (Lipinski definition) is 0. The Labute approximate surface area is 171 Å². The van der Waals surface area contributed by atoms with Crippen LogP contribution in [0.4, 0.5) is 0 Å². The minimum absolute atomic E-state index is 1.50. The van der Waals surface area contributed by atoms with Crippen LogP contribution in [0.2, 0.25) is 0 Å². The smallest absolute Gasteiger partial charge is 0.0533 e. The Hall–Kier alpha value is 0. The van der Waals surface area contributed by atoms with Crippen LogP contribution in [0.25, 0.3) is 0 Å². The Morgan fingerprint density at radius 1 is 0.154 bits per heavy atom. The van der Waals surface area contributed by atoms with E-state index >= 15 is 0 Å². The summed E-state index contributed by atoms with van der Waals surface area (Å²) in [5.41, 5.74) is 0. The molecule has 0 amide bonds. The molecule has 0 aliphatic heterocycles. The van der Waals surface area contributed by atoms with Gasteiger partial charge in [0.25, 0.3) is 0 Å². The Bertz CT molecular complexity index is 110. The summed E-state index contributed by atoms with van der Waals surface area (Å²) in [4.78, 5) is 0. The Balaban J connectivity index is -0.000000112. The summed E-state index contributed by atoms with van der Waals surface area (Å²) in [5.74, 6) is 0. The van der Waals surface area contributed by atoms with Crippen molar-refractivity contribution in [3.63, 3.8) is 0 Å². The highest BCUT2D eigenvalue weighted by Crippen LogP contribution is 2.16.